The summed E-state index contributed by atoms with van der Waals surface area (Å²) in [5, 5.41) is 19.6. The Bertz CT molecular complexity index is 822. The molecular formula is C22H26ClNO5. The van der Waals surface area contributed by atoms with Crippen molar-refractivity contribution in [2.75, 3.05) is 6.54 Å². The van der Waals surface area contributed by atoms with Gasteiger partial charge in [-0.1, -0.05) is 49.7 Å². The number of carbonyl (C=O) groups is 2. The molecule has 0 spiro atoms. The molecule has 0 bridgehead atoms. The second kappa shape index (κ2) is 10.7. The van der Waals surface area contributed by atoms with Crippen molar-refractivity contribution in [2.45, 2.75) is 39.3 Å². The summed E-state index contributed by atoms with van der Waals surface area (Å²) in [5.41, 5.74) is 1.85. The SMILES string of the molecule is CC(C)CC(C(=O)O)N(CCc1cccc(OCc2ccc(Cl)cc2)c1)C(=O)O. The number of ether oxygens (including phenoxy) is 1. The fraction of sp³-hybridized carbons (Fsp3) is 0.364. The van der Waals surface area contributed by atoms with E-state index in [-0.39, 0.29) is 18.9 Å². The molecule has 0 aliphatic heterocycles. The van der Waals surface area contributed by atoms with E-state index in [2.05, 4.69) is 0 Å². The zero-order valence-electron chi connectivity index (χ0n) is 16.5. The first-order chi connectivity index (χ1) is 13.8. The van der Waals surface area contributed by atoms with Crippen LogP contribution in [0.3, 0.4) is 0 Å². The summed E-state index contributed by atoms with van der Waals surface area (Å²) in [7, 11) is 0. The van der Waals surface area contributed by atoms with E-state index in [4.69, 9.17) is 16.3 Å². The first-order valence-electron chi connectivity index (χ1n) is 9.44. The Hall–Kier alpha value is -2.73. The van der Waals surface area contributed by atoms with Gasteiger partial charge >= 0.3 is 12.1 Å². The molecule has 2 N–H and O–H groups in total. The van der Waals surface area contributed by atoms with Gasteiger partial charge in [0.25, 0.3) is 0 Å². The van der Waals surface area contributed by atoms with Gasteiger partial charge in [0.15, 0.2) is 0 Å². The Labute approximate surface area is 175 Å². The molecule has 2 rings (SSSR count). The summed E-state index contributed by atoms with van der Waals surface area (Å²) < 4.78 is 5.80. The van der Waals surface area contributed by atoms with Crippen LogP contribution >= 0.6 is 11.6 Å². The summed E-state index contributed by atoms with van der Waals surface area (Å²) in [4.78, 5) is 24.2. The van der Waals surface area contributed by atoms with E-state index in [1.807, 2.05) is 50.2 Å². The first-order valence-corrected chi connectivity index (χ1v) is 9.82. The average molecular weight is 420 g/mol. The lowest BCUT2D eigenvalue weighted by Crippen LogP contribution is -2.46. The van der Waals surface area contributed by atoms with Crippen LogP contribution < -0.4 is 4.74 Å². The molecule has 0 radical (unpaired) electrons. The molecule has 156 valence electrons. The molecule has 0 aliphatic carbocycles. The van der Waals surface area contributed by atoms with Crippen LogP contribution in [0, 0.1) is 5.92 Å². The van der Waals surface area contributed by atoms with E-state index in [9.17, 15) is 19.8 Å². The van der Waals surface area contributed by atoms with Crippen LogP contribution in [-0.2, 0) is 17.8 Å². The second-order valence-electron chi connectivity index (χ2n) is 7.27. The zero-order chi connectivity index (χ0) is 21.4. The van der Waals surface area contributed by atoms with E-state index in [1.165, 1.54) is 0 Å². The van der Waals surface area contributed by atoms with Crippen molar-refractivity contribution < 1.29 is 24.5 Å². The predicted octanol–water partition coefficient (Wildman–Crippen LogP) is 4.94. The molecule has 0 saturated carbocycles. The minimum absolute atomic E-state index is 0.0718. The topological polar surface area (TPSA) is 87.1 Å². The maximum absolute atomic E-state index is 11.6. The van der Waals surface area contributed by atoms with Gasteiger partial charge in [0.1, 0.15) is 18.4 Å². The molecule has 2 aromatic carbocycles. The molecule has 0 heterocycles. The monoisotopic (exact) mass is 419 g/mol. The Balaban J connectivity index is 2.01. The maximum Gasteiger partial charge on any atom is 0.408 e. The van der Waals surface area contributed by atoms with Crippen molar-refractivity contribution in [2.24, 2.45) is 5.92 Å². The van der Waals surface area contributed by atoms with Crippen LogP contribution in [0.15, 0.2) is 48.5 Å². The van der Waals surface area contributed by atoms with Crippen molar-refractivity contribution in [1.82, 2.24) is 4.90 Å². The van der Waals surface area contributed by atoms with Gasteiger partial charge in [-0.3, -0.25) is 4.90 Å². The molecule has 1 unspecified atom stereocenters. The van der Waals surface area contributed by atoms with Crippen LogP contribution in [0.5, 0.6) is 5.75 Å². The molecule has 7 heteroatoms. The van der Waals surface area contributed by atoms with E-state index >= 15 is 0 Å². The van der Waals surface area contributed by atoms with Crippen molar-refractivity contribution in [3.05, 3.63) is 64.7 Å². The number of amides is 1. The lowest BCUT2D eigenvalue weighted by molar-refractivity contribution is -0.143. The number of aliphatic carboxylic acids is 1. The van der Waals surface area contributed by atoms with Crippen LogP contribution in [0.2, 0.25) is 5.02 Å². The zero-order valence-corrected chi connectivity index (χ0v) is 17.3. The summed E-state index contributed by atoms with van der Waals surface area (Å²) in [5.74, 6) is -0.389. The third-order valence-electron chi connectivity index (χ3n) is 4.46. The van der Waals surface area contributed by atoms with E-state index in [1.54, 1.807) is 12.1 Å². The molecule has 2 aromatic rings. The lowest BCUT2D eigenvalue weighted by Gasteiger charge is -2.27. The molecule has 0 saturated heterocycles. The van der Waals surface area contributed by atoms with Gasteiger partial charge in [0.2, 0.25) is 0 Å². The van der Waals surface area contributed by atoms with Gasteiger partial charge in [0, 0.05) is 11.6 Å². The van der Waals surface area contributed by atoms with E-state index in [0.29, 0.717) is 23.8 Å². The van der Waals surface area contributed by atoms with Crippen LogP contribution in [0.4, 0.5) is 4.79 Å². The highest BCUT2D eigenvalue weighted by Crippen LogP contribution is 2.18. The fourth-order valence-corrected chi connectivity index (χ4v) is 3.11. The minimum atomic E-state index is -1.23. The largest absolute Gasteiger partial charge is 0.489 e. The highest BCUT2D eigenvalue weighted by atomic mass is 35.5. The summed E-state index contributed by atoms with van der Waals surface area (Å²) in [6, 6.07) is 13.7. The molecule has 0 aromatic heterocycles. The second-order valence-corrected chi connectivity index (χ2v) is 7.71. The van der Waals surface area contributed by atoms with Crippen molar-refractivity contribution in [1.29, 1.82) is 0 Å². The lowest BCUT2D eigenvalue weighted by atomic mass is 10.0. The number of benzene rings is 2. The number of halogens is 1. The number of carboxylic acids is 1. The number of rotatable bonds is 10. The first kappa shape index (κ1) is 22.6. The smallest absolute Gasteiger partial charge is 0.408 e. The third-order valence-corrected chi connectivity index (χ3v) is 4.71. The molecular weight excluding hydrogens is 394 g/mol. The predicted molar refractivity (Wildman–Crippen MR) is 112 cm³/mol. The average Bonchev–Trinajstić information content (AvgIpc) is 2.66. The number of nitrogens with zero attached hydrogens (tertiary/aromatic N) is 1. The van der Waals surface area contributed by atoms with Crippen molar-refractivity contribution >= 4 is 23.7 Å². The fourth-order valence-electron chi connectivity index (χ4n) is 2.98. The normalized spacial score (nSPS) is 11.9. The van der Waals surface area contributed by atoms with Gasteiger partial charge in [-0.25, -0.2) is 9.59 Å². The molecule has 29 heavy (non-hydrogen) atoms. The Morgan fingerprint density at radius 3 is 2.34 bits per heavy atom. The van der Waals surface area contributed by atoms with Gasteiger partial charge in [-0.05, 0) is 54.2 Å². The van der Waals surface area contributed by atoms with Crippen LogP contribution in [-0.4, -0.2) is 39.8 Å². The van der Waals surface area contributed by atoms with Crippen molar-refractivity contribution in [3.8, 4) is 5.75 Å². The van der Waals surface area contributed by atoms with E-state index in [0.717, 1.165) is 16.0 Å². The third kappa shape index (κ3) is 7.31. The Morgan fingerprint density at radius 2 is 1.76 bits per heavy atom. The highest BCUT2D eigenvalue weighted by Gasteiger charge is 2.29. The molecule has 1 atom stereocenters. The van der Waals surface area contributed by atoms with Crippen LogP contribution in [0.25, 0.3) is 0 Å². The summed E-state index contributed by atoms with van der Waals surface area (Å²) in [6.45, 7) is 4.23. The van der Waals surface area contributed by atoms with Gasteiger partial charge < -0.3 is 14.9 Å². The molecule has 1 amide bonds. The summed E-state index contributed by atoms with van der Waals surface area (Å²) >= 11 is 5.88. The van der Waals surface area contributed by atoms with Gasteiger partial charge in [-0.2, -0.15) is 0 Å². The van der Waals surface area contributed by atoms with Gasteiger partial charge in [-0.15, -0.1) is 0 Å². The summed E-state index contributed by atoms with van der Waals surface area (Å²) in [6.07, 6.45) is -0.564. The van der Waals surface area contributed by atoms with Crippen LogP contribution in [0.1, 0.15) is 31.4 Å². The maximum atomic E-state index is 11.6. The number of hydrogen-bond donors (Lipinski definition) is 2. The highest BCUT2D eigenvalue weighted by molar-refractivity contribution is 6.30. The molecule has 0 aliphatic rings. The minimum Gasteiger partial charge on any atom is -0.489 e. The quantitative estimate of drug-likeness (QED) is 0.569. The number of hydrogen-bond acceptors (Lipinski definition) is 3. The van der Waals surface area contributed by atoms with E-state index < -0.39 is 18.1 Å². The standard InChI is InChI=1S/C22H26ClNO5/c1-15(2)12-20(21(25)26)24(22(27)28)11-10-16-4-3-5-19(13-16)29-14-17-6-8-18(23)9-7-17/h3-9,13,15,20H,10-12,14H2,1-2H3,(H,25,26)(H,27,28). The Kier molecular flexibility index (Phi) is 8.34. The molecule has 6 nitrogen and oxygen atoms in total. The Morgan fingerprint density at radius 1 is 1.07 bits per heavy atom. The van der Waals surface area contributed by atoms with Gasteiger partial charge in [0.05, 0.1) is 0 Å². The number of carboxylic acid groups (broad SMARTS) is 2. The molecule has 0 fully saturated rings. The van der Waals surface area contributed by atoms with Crippen molar-refractivity contribution in [3.63, 3.8) is 0 Å².